The second-order valence-electron chi connectivity index (χ2n) is 5.80. The third kappa shape index (κ3) is 3.74. The maximum Gasteiger partial charge on any atom is 0.0287 e. The number of rotatable bonds is 4. The zero-order valence-electron chi connectivity index (χ0n) is 12.6. The van der Waals surface area contributed by atoms with E-state index in [1.807, 2.05) is 0 Å². The Morgan fingerprint density at radius 3 is 1.76 bits per heavy atom. The fourth-order valence-corrected chi connectivity index (χ4v) is 2.94. The molecule has 1 fully saturated rings. The van der Waals surface area contributed by atoms with Crippen molar-refractivity contribution in [3.05, 3.63) is 11.3 Å². The van der Waals surface area contributed by atoms with Crippen LogP contribution in [0.3, 0.4) is 0 Å². The standard InChI is InChI=1S/C15H30N2/c1-7-17(13(4)12(2)3)15-10-8-14(9-11-15)16(5)6/h14-15H,7-11H2,1-6H3/t14-,15-. The summed E-state index contributed by atoms with van der Waals surface area (Å²) in [5.74, 6) is 0. The summed E-state index contributed by atoms with van der Waals surface area (Å²) in [7, 11) is 4.42. The zero-order valence-corrected chi connectivity index (χ0v) is 12.6. The topological polar surface area (TPSA) is 6.48 Å². The average Bonchev–Trinajstić information content (AvgIpc) is 2.30. The minimum atomic E-state index is 0.770. The molecule has 1 saturated carbocycles. The Bertz CT molecular complexity index is 256. The smallest absolute Gasteiger partial charge is 0.0287 e. The van der Waals surface area contributed by atoms with E-state index in [9.17, 15) is 0 Å². The molecule has 0 unspecified atom stereocenters. The summed E-state index contributed by atoms with van der Waals surface area (Å²) < 4.78 is 0. The molecule has 0 aliphatic heterocycles. The minimum Gasteiger partial charge on any atom is -0.372 e. The second kappa shape index (κ2) is 6.44. The largest absolute Gasteiger partial charge is 0.372 e. The van der Waals surface area contributed by atoms with Crippen molar-refractivity contribution in [2.75, 3.05) is 20.6 Å². The van der Waals surface area contributed by atoms with Gasteiger partial charge in [0.05, 0.1) is 0 Å². The molecule has 0 amide bonds. The lowest BCUT2D eigenvalue weighted by Gasteiger charge is -2.40. The maximum absolute atomic E-state index is 2.61. The highest BCUT2D eigenvalue weighted by Crippen LogP contribution is 2.28. The van der Waals surface area contributed by atoms with Crippen LogP contribution in [-0.4, -0.2) is 42.5 Å². The van der Waals surface area contributed by atoms with E-state index in [4.69, 9.17) is 0 Å². The monoisotopic (exact) mass is 238 g/mol. The molecule has 2 heteroatoms. The van der Waals surface area contributed by atoms with E-state index in [-0.39, 0.29) is 0 Å². The van der Waals surface area contributed by atoms with E-state index < -0.39 is 0 Å². The fourth-order valence-electron chi connectivity index (χ4n) is 2.94. The Labute approximate surface area is 108 Å². The second-order valence-corrected chi connectivity index (χ2v) is 5.80. The first kappa shape index (κ1) is 14.6. The molecule has 0 radical (unpaired) electrons. The molecule has 2 nitrogen and oxygen atoms in total. The minimum absolute atomic E-state index is 0.770. The summed E-state index contributed by atoms with van der Waals surface area (Å²) in [5.41, 5.74) is 2.95. The number of hydrogen-bond donors (Lipinski definition) is 0. The number of hydrogen-bond acceptors (Lipinski definition) is 2. The van der Waals surface area contributed by atoms with Crippen LogP contribution in [0.2, 0.25) is 0 Å². The zero-order chi connectivity index (χ0) is 13.0. The summed E-state index contributed by atoms with van der Waals surface area (Å²) >= 11 is 0. The van der Waals surface area contributed by atoms with Crippen LogP contribution < -0.4 is 0 Å². The van der Waals surface area contributed by atoms with Crippen molar-refractivity contribution in [1.29, 1.82) is 0 Å². The molecular formula is C15H30N2. The van der Waals surface area contributed by atoms with Gasteiger partial charge in [-0.1, -0.05) is 5.57 Å². The highest BCUT2D eigenvalue weighted by atomic mass is 15.2. The third-order valence-electron chi connectivity index (χ3n) is 4.33. The Morgan fingerprint density at radius 1 is 0.941 bits per heavy atom. The first-order chi connectivity index (χ1) is 7.97. The molecule has 0 atom stereocenters. The van der Waals surface area contributed by atoms with Crippen molar-refractivity contribution in [3.63, 3.8) is 0 Å². The lowest BCUT2D eigenvalue weighted by molar-refractivity contribution is 0.146. The summed E-state index contributed by atoms with van der Waals surface area (Å²) in [5, 5.41) is 0. The van der Waals surface area contributed by atoms with Gasteiger partial charge in [-0.25, -0.2) is 0 Å². The molecule has 0 bridgehead atoms. The van der Waals surface area contributed by atoms with Crippen molar-refractivity contribution < 1.29 is 0 Å². The van der Waals surface area contributed by atoms with Crippen LogP contribution in [0.15, 0.2) is 11.3 Å². The van der Waals surface area contributed by atoms with Gasteiger partial charge in [0.2, 0.25) is 0 Å². The van der Waals surface area contributed by atoms with Gasteiger partial charge in [0.25, 0.3) is 0 Å². The molecule has 0 spiro atoms. The quantitative estimate of drug-likeness (QED) is 0.739. The molecule has 0 aromatic heterocycles. The molecule has 0 N–H and O–H groups in total. The summed E-state index contributed by atoms with van der Waals surface area (Å²) in [4.78, 5) is 5.00. The molecule has 0 heterocycles. The molecule has 1 aliphatic rings. The van der Waals surface area contributed by atoms with E-state index in [1.165, 1.54) is 37.0 Å². The lowest BCUT2D eigenvalue weighted by atomic mass is 9.89. The molecular weight excluding hydrogens is 208 g/mol. The van der Waals surface area contributed by atoms with E-state index in [0.717, 1.165) is 18.6 Å². The van der Waals surface area contributed by atoms with E-state index in [0.29, 0.717) is 0 Å². The Kier molecular flexibility index (Phi) is 5.51. The predicted octanol–water partition coefficient (Wildman–Crippen LogP) is 3.49. The van der Waals surface area contributed by atoms with E-state index in [2.05, 4.69) is 51.6 Å². The molecule has 0 aromatic carbocycles. The molecule has 17 heavy (non-hydrogen) atoms. The fraction of sp³-hybridized carbons (Fsp3) is 0.867. The van der Waals surface area contributed by atoms with Crippen LogP contribution in [0.25, 0.3) is 0 Å². The highest BCUT2D eigenvalue weighted by molar-refractivity contribution is 5.07. The van der Waals surface area contributed by atoms with Gasteiger partial charge in [0.15, 0.2) is 0 Å². The average molecular weight is 238 g/mol. The molecule has 100 valence electrons. The van der Waals surface area contributed by atoms with Crippen molar-refractivity contribution in [2.24, 2.45) is 0 Å². The van der Waals surface area contributed by atoms with Crippen molar-refractivity contribution in [1.82, 2.24) is 9.80 Å². The Morgan fingerprint density at radius 2 is 1.41 bits per heavy atom. The van der Waals surface area contributed by atoms with Gasteiger partial charge in [-0.15, -0.1) is 0 Å². The van der Waals surface area contributed by atoms with Gasteiger partial charge in [-0.05, 0) is 67.5 Å². The highest BCUT2D eigenvalue weighted by Gasteiger charge is 2.26. The van der Waals surface area contributed by atoms with E-state index in [1.54, 1.807) is 0 Å². The number of nitrogens with zero attached hydrogens (tertiary/aromatic N) is 2. The summed E-state index contributed by atoms with van der Waals surface area (Å²) in [6.45, 7) is 10.2. The van der Waals surface area contributed by atoms with Crippen LogP contribution in [0.1, 0.15) is 53.4 Å². The van der Waals surface area contributed by atoms with E-state index >= 15 is 0 Å². The first-order valence-electron chi connectivity index (χ1n) is 7.04. The van der Waals surface area contributed by atoms with Crippen LogP contribution in [0.4, 0.5) is 0 Å². The van der Waals surface area contributed by atoms with Gasteiger partial charge >= 0.3 is 0 Å². The van der Waals surface area contributed by atoms with Crippen LogP contribution >= 0.6 is 0 Å². The number of allylic oxidation sites excluding steroid dienone is 2. The van der Waals surface area contributed by atoms with Crippen molar-refractivity contribution in [3.8, 4) is 0 Å². The molecule has 1 aliphatic carbocycles. The Balaban J connectivity index is 2.60. The van der Waals surface area contributed by atoms with Crippen molar-refractivity contribution >= 4 is 0 Å². The summed E-state index contributed by atoms with van der Waals surface area (Å²) in [6, 6.07) is 1.57. The first-order valence-corrected chi connectivity index (χ1v) is 7.04. The van der Waals surface area contributed by atoms with Crippen molar-refractivity contribution in [2.45, 2.75) is 65.5 Å². The maximum atomic E-state index is 2.61. The van der Waals surface area contributed by atoms with Gasteiger partial charge in [-0.2, -0.15) is 0 Å². The lowest BCUT2D eigenvalue weighted by Crippen LogP contribution is -2.41. The molecule has 1 rings (SSSR count). The van der Waals surface area contributed by atoms with Crippen LogP contribution in [0, 0.1) is 0 Å². The Hall–Kier alpha value is -0.500. The van der Waals surface area contributed by atoms with Gasteiger partial charge in [-0.3, -0.25) is 0 Å². The summed E-state index contributed by atoms with van der Waals surface area (Å²) in [6.07, 6.45) is 5.40. The van der Waals surface area contributed by atoms with Gasteiger partial charge < -0.3 is 9.80 Å². The molecule has 0 saturated heterocycles. The predicted molar refractivity (Wildman–Crippen MR) is 76.2 cm³/mol. The normalized spacial score (nSPS) is 24.9. The van der Waals surface area contributed by atoms with Gasteiger partial charge in [0, 0.05) is 24.3 Å². The third-order valence-corrected chi connectivity index (χ3v) is 4.33. The van der Waals surface area contributed by atoms with Crippen LogP contribution in [0.5, 0.6) is 0 Å². The SMILES string of the molecule is CCN(C(C)=C(C)C)[C@H]1CC[C@H](N(C)C)CC1. The van der Waals surface area contributed by atoms with Gasteiger partial charge in [0.1, 0.15) is 0 Å². The van der Waals surface area contributed by atoms with Crippen LogP contribution in [-0.2, 0) is 0 Å². The molecule has 0 aromatic rings.